The van der Waals surface area contributed by atoms with E-state index in [0.29, 0.717) is 12.8 Å². The fourth-order valence-electron chi connectivity index (χ4n) is 13.9. The third-order valence-corrected chi connectivity index (χ3v) is 20.7. The summed E-state index contributed by atoms with van der Waals surface area (Å²) in [5.41, 5.74) is 0. The molecule has 3 rings (SSSR count). The predicted molar refractivity (Wildman–Crippen MR) is 438 cm³/mol. The zero-order valence-electron chi connectivity index (χ0n) is 67.5. The van der Waals surface area contributed by atoms with Gasteiger partial charge in [0.2, 0.25) is 5.91 Å². The first kappa shape index (κ1) is 99.4. The summed E-state index contributed by atoms with van der Waals surface area (Å²) in [6, 6.07) is -1.01. The van der Waals surface area contributed by atoms with Crippen LogP contribution in [0.15, 0.2) is 122 Å². The number of unbranched alkanes of at least 4 members (excludes halogenated alkanes) is 34. The number of aliphatic hydroxyl groups excluding tert-OH is 11. The molecule has 3 heterocycles. The lowest BCUT2D eigenvalue weighted by Gasteiger charge is -2.48. The molecule has 0 aromatic heterocycles. The second-order valence-corrected chi connectivity index (χ2v) is 30.2. The minimum absolute atomic E-state index is 0.226. The second kappa shape index (κ2) is 68.6. The normalized spacial score (nSPS) is 25.9. The van der Waals surface area contributed by atoms with Crippen molar-refractivity contribution in [3.05, 3.63) is 122 Å². The van der Waals surface area contributed by atoms with Gasteiger partial charge in [0.1, 0.15) is 73.2 Å². The molecule has 0 aliphatic carbocycles. The first-order valence-corrected chi connectivity index (χ1v) is 43.3. The molecule has 17 atom stereocenters. The van der Waals surface area contributed by atoms with Gasteiger partial charge in [0.15, 0.2) is 18.9 Å². The Kier molecular flexibility index (Phi) is 62.5. The molecule has 3 saturated heterocycles. The Hall–Kier alpha value is -3.81. The van der Waals surface area contributed by atoms with Crippen LogP contribution in [0.1, 0.15) is 309 Å². The molecule has 109 heavy (non-hydrogen) atoms. The number of allylic oxidation sites excluding steroid dienone is 19. The quantitative estimate of drug-likeness (QED) is 0.0199. The Morgan fingerprint density at radius 3 is 1.03 bits per heavy atom. The molecule has 17 unspecified atom stereocenters. The maximum Gasteiger partial charge on any atom is 0.220 e. The highest BCUT2D eigenvalue weighted by atomic mass is 16.8. The van der Waals surface area contributed by atoms with Crippen molar-refractivity contribution in [1.29, 1.82) is 0 Å². The van der Waals surface area contributed by atoms with Gasteiger partial charge < -0.3 is 89.9 Å². The van der Waals surface area contributed by atoms with Crippen molar-refractivity contribution in [2.45, 2.75) is 413 Å². The zero-order valence-corrected chi connectivity index (χ0v) is 67.5. The molecular weight excluding hydrogens is 1380 g/mol. The maximum atomic E-state index is 13.5. The molecule has 3 aliphatic rings. The van der Waals surface area contributed by atoms with Crippen molar-refractivity contribution in [3.8, 4) is 0 Å². The van der Waals surface area contributed by atoms with Crippen LogP contribution < -0.4 is 5.32 Å². The summed E-state index contributed by atoms with van der Waals surface area (Å²) in [6.45, 7) is 1.62. The average molecular weight is 1540 g/mol. The third kappa shape index (κ3) is 47.6. The molecule has 12 N–H and O–H groups in total. The maximum absolute atomic E-state index is 13.5. The molecule has 0 radical (unpaired) electrons. The van der Waals surface area contributed by atoms with Gasteiger partial charge in [-0.05, 0) is 103 Å². The Balaban J connectivity index is 1.35. The van der Waals surface area contributed by atoms with E-state index >= 15 is 0 Å². The monoisotopic (exact) mass is 1540 g/mol. The average Bonchev–Trinajstić information content (AvgIpc) is 0.760. The number of ether oxygens (including phenoxy) is 6. The second-order valence-electron chi connectivity index (χ2n) is 30.2. The zero-order chi connectivity index (χ0) is 78.8. The molecule has 3 fully saturated rings. The minimum Gasteiger partial charge on any atom is -0.394 e. The molecule has 0 bridgehead atoms. The van der Waals surface area contributed by atoms with Gasteiger partial charge in [-0.3, -0.25) is 4.79 Å². The Labute approximate surface area is 658 Å². The predicted octanol–water partition coefficient (Wildman–Crippen LogP) is 15.8. The first-order chi connectivity index (χ1) is 53.3. The van der Waals surface area contributed by atoms with Crippen LogP contribution in [0.25, 0.3) is 0 Å². The number of aliphatic hydroxyl groups is 11. The van der Waals surface area contributed by atoms with Crippen molar-refractivity contribution in [3.63, 3.8) is 0 Å². The van der Waals surface area contributed by atoms with E-state index in [-0.39, 0.29) is 18.9 Å². The third-order valence-electron chi connectivity index (χ3n) is 20.7. The van der Waals surface area contributed by atoms with Crippen molar-refractivity contribution >= 4 is 5.91 Å². The summed E-state index contributed by atoms with van der Waals surface area (Å²) in [6.07, 6.45) is 70.5. The van der Waals surface area contributed by atoms with Gasteiger partial charge in [-0.25, -0.2) is 0 Å². The van der Waals surface area contributed by atoms with Gasteiger partial charge in [-0.1, -0.05) is 322 Å². The molecule has 19 heteroatoms. The van der Waals surface area contributed by atoms with Crippen LogP contribution in [0.5, 0.6) is 0 Å². The lowest BCUT2D eigenvalue weighted by atomic mass is 9.96. The van der Waals surface area contributed by atoms with Crippen LogP contribution in [-0.2, 0) is 33.2 Å². The van der Waals surface area contributed by atoms with Crippen LogP contribution in [0.2, 0.25) is 0 Å². The van der Waals surface area contributed by atoms with Gasteiger partial charge in [0.05, 0.1) is 38.6 Å². The van der Waals surface area contributed by atoms with Gasteiger partial charge in [0, 0.05) is 6.42 Å². The van der Waals surface area contributed by atoms with Crippen LogP contribution in [0.4, 0.5) is 0 Å². The molecule has 1 amide bonds. The molecule has 0 aromatic carbocycles. The number of rotatable bonds is 68. The molecule has 0 saturated carbocycles. The van der Waals surface area contributed by atoms with E-state index in [9.17, 15) is 61.0 Å². The van der Waals surface area contributed by atoms with Gasteiger partial charge in [0.25, 0.3) is 0 Å². The summed E-state index contributed by atoms with van der Waals surface area (Å²) >= 11 is 0. The number of nitrogens with one attached hydrogen (secondary N) is 1. The van der Waals surface area contributed by atoms with Crippen molar-refractivity contribution in [2.75, 3.05) is 26.4 Å². The molecular formula is C90H155NO18. The summed E-state index contributed by atoms with van der Waals surface area (Å²) in [5.74, 6) is -0.291. The van der Waals surface area contributed by atoms with Crippen LogP contribution in [0.3, 0.4) is 0 Å². The van der Waals surface area contributed by atoms with Crippen molar-refractivity contribution in [1.82, 2.24) is 5.32 Å². The fourth-order valence-corrected chi connectivity index (χ4v) is 13.9. The Bertz CT molecular complexity index is 2440. The van der Waals surface area contributed by atoms with E-state index in [2.05, 4.69) is 129 Å². The molecule has 628 valence electrons. The highest BCUT2D eigenvalue weighted by Gasteiger charge is 2.54. The highest BCUT2D eigenvalue weighted by molar-refractivity contribution is 5.76. The van der Waals surface area contributed by atoms with Crippen LogP contribution in [-0.4, -0.2) is 193 Å². The van der Waals surface area contributed by atoms with Crippen LogP contribution in [0, 0.1) is 0 Å². The smallest absolute Gasteiger partial charge is 0.220 e. The van der Waals surface area contributed by atoms with E-state index < -0.39 is 124 Å². The topological polar surface area (TPSA) is 307 Å². The summed E-state index contributed by atoms with van der Waals surface area (Å²) in [4.78, 5) is 13.5. The van der Waals surface area contributed by atoms with E-state index in [0.717, 1.165) is 103 Å². The minimum atomic E-state index is -1.99. The standard InChI is InChI=1S/C90H155NO18/c1-3-5-7-9-11-13-15-17-19-21-23-25-27-29-31-32-33-34-35-36-37-38-39-40-42-44-46-48-50-52-54-56-58-60-62-64-66-68-78(96)91-73(74(95)67-65-63-61-59-57-55-53-51-49-47-45-43-41-30-28-26-24-22-20-18-16-14-12-10-8-6-4-2)72-104-88-84(102)81(99)86(76(70-93)106-88)109-90-85(103)82(100)87(77(71-94)107-90)108-89-83(101)80(98)79(97)75(69-92)105-89/h5,7,11,13,17,19,23,25,29,31,33-34,36-37,49,51,57,59,65,67,73-77,79-90,92-95,97-103H,3-4,6,8-10,12,14-16,18,20-22,24,26-28,30,32,35,38-48,50,52-56,58,60-64,66,68-72H2,1-2H3,(H,91,96)/b7-5-,13-11-,19-17-,25-23-,31-29-,34-33-,37-36-,51-49+,59-57+,67-65+. The lowest BCUT2D eigenvalue weighted by molar-refractivity contribution is -0.379. The summed E-state index contributed by atoms with van der Waals surface area (Å²) in [7, 11) is 0. The Morgan fingerprint density at radius 1 is 0.339 bits per heavy atom. The number of amides is 1. The number of hydrogen-bond donors (Lipinski definition) is 12. The molecule has 19 nitrogen and oxygen atoms in total. The van der Waals surface area contributed by atoms with E-state index in [4.69, 9.17) is 28.4 Å². The van der Waals surface area contributed by atoms with Crippen molar-refractivity contribution in [2.24, 2.45) is 0 Å². The Morgan fingerprint density at radius 2 is 0.642 bits per heavy atom. The summed E-state index contributed by atoms with van der Waals surface area (Å²) < 4.78 is 34.5. The van der Waals surface area contributed by atoms with Crippen LogP contribution >= 0.6 is 0 Å². The van der Waals surface area contributed by atoms with Gasteiger partial charge >= 0.3 is 0 Å². The van der Waals surface area contributed by atoms with E-state index in [1.165, 1.54) is 173 Å². The first-order valence-electron chi connectivity index (χ1n) is 43.3. The van der Waals surface area contributed by atoms with Crippen molar-refractivity contribution < 1.29 is 89.4 Å². The lowest BCUT2D eigenvalue weighted by Crippen LogP contribution is -2.66. The largest absolute Gasteiger partial charge is 0.394 e. The highest BCUT2D eigenvalue weighted by Crippen LogP contribution is 2.33. The van der Waals surface area contributed by atoms with Gasteiger partial charge in [-0.15, -0.1) is 0 Å². The molecule has 3 aliphatic heterocycles. The van der Waals surface area contributed by atoms with Gasteiger partial charge in [-0.2, -0.15) is 0 Å². The fraction of sp³-hybridized carbons (Fsp3) is 0.767. The SMILES string of the molecule is CC/C=C\C/C=C\C/C=C\C/C=C\C/C=C\C/C=C\C/C=C\CCCCCCCCCCCCCCCCCC(=O)NC(COC1OC(CO)C(OC2OC(CO)C(OC3OC(CO)C(O)C(O)C3O)C(O)C2O)C(O)C1O)C(O)/C=C/CC/C=C/CC/C=C/CCCCCCCCCCCCCCCCCCC. The van der Waals surface area contributed by atoms with E-state index in [1.807, 2.05) is 6.08 Å². The van der Waals surface area contributed by atoms with E-state index in [1.54, 1.807) is 6.08 Å². The summed E-state index contributed by atoms with van der Waals surface area (Å²) in [5, 5.41) is 121. The number of carbonyl (C=O) groups excluding carboxylic acids is 1. The molecule has 0 spiro atoms. The number of hydrogen-bond acceptors (Lipinski definition) is 18. The molecule has 0 aromatic rings. The number of carbonyl (C=O) groups is 1.